The summed E-state index contributed by atoms with van der Waals surface area (Å²) in [7, 11) is 3.14. The Labute approximate surface area is 190 Å². The van der Waals surface area contributed by atoms with Crippen molar-refractivity contribution < 1.29 is 46.0 Å². The van der Waals surface area contributed by atoms with Crippen LogP contribution in [0.1, 0.15) is 22.8 Å². The predicted molar refractivity (Wildman–Crippen MR) is 118 cm³/mol. The Bertz CT molecular complexity index is 785. The summed E-state index contributed by atoms with van der Waals surface area (Å²) in [4.78, 5) is 28.3. The number of hydrogen-bond acceptors (Lipinski definition) is 8. The minimum atomic E-state index is -4.24. The topological polar surface area (TPSA) is 137 Å². The molecule has 12 nitrogen and oxygen atoms in total. The third-order valence-electron chi connectivity index (χ3n) is 4.20. The van der Waals surface area contributed by atoms with Gasteiger partial charge in [0.2, 0.25) is 0 Å². The average Bonchev–Trinajstić information content (AvgIpc) is 2.58. The first-order chi connectivity index (χ1) is 14.4. The van der Waals surface area contributed by atoms with Gasteiger partial charge in [0.05, 0.1) is 65.1 Å². The summed E-state index contributed by atoms with van der Waals surface area (Å²) in [6.45, 7) is 3.95. The van der Waals surface area contributed by atoms with Crippen LogP contribution in [0.2, 0.25) is 0 Å². The minimum Gasteiger partial charge on any atom is -0.329 e. The molecule has 0 bridgehead atoms. The van der Waals surface area contributed by atoms with Crippen LogP contribution in [0, 0.1) is 13.8 Å². The molecule has 186 valence electrons. The van der Waals surface area contributed by atoms with E-state index in [1.165, 1.54) is 0 Å². The van der Waals surface area contributed by atoms with E-state index in [0.29, 0.717) is 44.8 Å². The Morgan fingerprint density at radius 3 is 1.28 bits per heavy atom. The molecule has 0 aliphatic heterocycles. The lowest BCUT2D eigenvalue weighted by atomic mass is 10.2. The first-order valence-corrected chi connectivity index (χ1v) is 13.1. The molecule has 1 aromatic rings. The van der Waals surface area contributed by atoms with Crippen LogP contribution in [0.4, 0.5) is 0 Å². The number of aryl methyl sites for hydroxylation is 2. The lowest BCUT2D eigenvalue weighted by molar-refractivity contribution is -0.870. The van der Waals surface area contributed by atoms with E-state index in [9.17, 15) is 18.9 Å². The van der Waals surface area contributed by atoms with Crippen molar-refractivity contribution in [1.82, 2.24) is 9.97 Å². The molecule has 2 atom stereocenters. The zero-order valence-electron chi connectivity index (χ0n) is 20.3. The molecule has 32 heavy (non-hydrogen) atoms. The molecule has 1 aromatic heterocycles. The van der Waals surface area contributed by atoms with E-state index in [0.717, 1.165) is 0 Å². The number of phosphoric ester groups is 2. The Morgan fingerprint density at radius 2 is 1.00 bits per heavy atom. The quantitative estimate of drug-likeness (QED) is 0.287. The summed E-state index contributed by atoms with van der Waals surface area (Å²) >= 11 is 0. The minimum absolute atomic E-state index is 0.0648. The highest BCUT2D eigenvalue weighted by Gasteiger charge is 2.25. The van der Waals surface area contributed by atoms with Crippen molar-refractivity contribution in [2.24, 2.45) is 0 Å². The largest absolute Gasteiger partial charge is 0.472 e. The fourth-order valence-electron chi connectivity index (χ4n) is 2.19. The maximum Gasteiger partial charge on any atom is 0.472 e. The van der Waals surface area contributed by atoms with Crippen molar-refractivity contribution >= 4 is 15.6 Å². The molecule has 1 heterocycles. The fourth-order valence-corrected chi connectivity index (χ4v) is 3.53. The van der Waals surface area contributed by atoms with Gasteiger partial charge >= 0.3 is 15.6 Å². The van der Waals surface area contributed by atoms with Crippen LogP contribution in [0.3, 0.4) is 0 Å². The smallest absolute Gasteiger partial charge is 0.329 e. The summed E-state index contributed by atoms with van der Waals surface area (Å²) in [5, 5.41) is 0. The summed E-state index contributed by atoms with van der Waals surface area (Å²) in [6.07, 6.45) is 0. The van der Waals surface area contributed by atoms with E-state index in [4.69, 9.17) is 18.1 Å². The standard InChI is InChI=1S/C18H36N4O8P2/c1-15-17(13-29-31(23,24)27-11-9-21(3,4)5)20-16(2)18(19-15)14-30-32(25,26)28-12-10-22(6,7)8/h9-14H2,1-8H3/p+2. The van der Waals surface area contributed by atoms with E-state index >= 15 is 0 Å². The van der Waals surface area contributed by atoms with Gasteiger partial charge in [0.1, 0.15) is 39.5 Å². The molecule has 0 spiro atoms. The summed E-state index contributed by atoms with van der Waals surface area (Å²) in [5.74, 6) is 0. The number of phosphoric acid groups is 2. The summed E-state index contributed by atoms with van der Waals surface area (Å²) in [6, 6.07) is 0. The van der Waals surface area contributed by atoms with Crippen molar-refractivity contribution in [2.75, 3.05) is 68.6 Å². The molecule has 1 rings (SSSR count). The number of hydrogen-bond donors (Lipinski definition) is 2. The molecule has 0 aliphatic carbocycles. The highest BCUT2D eigenvalue weighted by Crippen LogP contribution is 2.45. The number of rotatable bonds is 14. The first kappa shape index (κ1) is 29.3. The molecule has 0 radical (unpaired) electrons. The average molecular weight is 500 g/mol. The van der Waals surface area contributed by atoms with Crippen LogP contribution in [0.15, 0.2) is 0 Å². The van der Waals surface area contributed by atoms with Crippen molar-refractivity contribution in [3.8, 4) is 0 Å². The summed E-state index contributed by atoms with van der Waals surface area (Å²) in [5.41, 5.74) is 1.56. The molecule has 0 aliphatic rings. The fraction of sp³-hybridized carbons (Fsp3) is 0.778. The Kier molecular flexibility index (Phi) is 10.6. The van der Waals surface area contributed by atoms with Gasteiger partial charge in [-0.15, -0.1) is 0 Å². The number of quaternary nitrogens is 2. The highest BCUT2D eigenvalue weighted by atomic mass is 31.2. The molecular weight excluding hydrogens is 462 g/mol. The normalized spacial score (nSPS) is 16.6. The van der Waals surface area contributed by atoms with E-state index in [1.54, 1.807) is 13.8 Å². The zero-order valence-corrected chi connectivity index (χ0v) is 22.1. The lowest BCUT2D eigenvalue weighted by Crippen LogP contribution is -2.37. The van der Waals surface area contributed by atoms with Gasteiger partial charge < -0.3 is 18.8 Å². The Hall–Kier alpha value is -0.780. The molecule has 2 N–H and O–H groups in total. The Balaban J connectivity index is 2.65. The van der Waals surface area contributed by atoms with Crippen LogP contribution in [-0.2, 0) is 40.4 Å². The van der Waals surface area contributed by atoms with Crippen LogP contribution < -0.4 is 0 Å². The zero-order chi connectivity index (χ0) is 24.8. The van der Waals surface area contributed by atoms with Gasteiger partial charge in [-0.25, -0.2) is 9.13 Å². The van der Waals surface area contributed by atoms with Crippen LogP contribution in [0.5, 0.6) is 0 Å². The second-order valence-electron chi connectivity index (χ2n) is 9.47. The van der Waals surface area contributed by atoms with Crippen molar-refractivity contribution in [3.05, 3.63) is 22.8 Å². The van der Waals surface area contributed by atoms with Crippen molar-refractivity contribution in [2.45, 2.75) is 27.1 Å². The lowest BCUT2D eigenvalue weighted by Gasteiger charge is -2.24. The van der Waals surface area contributed by atoms with E-state index in [-0.39, 0.29) is 26.4 Å². The maximum atomic E-state index is 12.1. The monoisotopic (exact) mass is 500 g/mol. The van der Waals surface area contributed by atoms with Crippen LogP contribution in [0.25, 0.3) is 0 Å². The van der Waals surface area contributed by atoms with Crippen molar-refractivity contribution in [1.29, 1.82) is 0 Å². The summed E-state index contributed by atoms with van der Waals surface area (Å²) < 4.78 is 45.3. The van der Waals surface area contributed by atoms with Crippen LogP contribution in [-0.4, -0.2) is 97.3 Å². The second kappa shape index (κ2) is 11.6. The molecular formula is C18H38N4O8P2+2. The predicted octanol–water partition coefficient (Wildman–Crippen LogP) is 1.77. The van der Waals surface area contributed by atoms with Gasteiger partial charge in [-0.2, -0.15) is 0 Å². The van der Waals surface area contributed by atoms with Gasteiger partial charge in [-0.1, -0.05) is 0 Å². The molecule has 0 aromatic carbocycles. The molecule has 2 unspecified atom stereocenters. The number of likely N-dealkylation sites (N-methyl/N-ethyl adjacent to an activating group) is 2. The molecule has 0 saturated carbocycles. The number of aromatic nitrogens is 2. The first-order valence-electron chi connectivity index (χ1n) is 10.1. The molecule has 0 amide bonds. The Morgan fingerprint density at radius 1 is 0.688 bits per heavy atom. The van der Waals surface area contributed by atoms with E-state index < -0.39 is 15.6 Å². The molecule has 0 saturated heterocycles. The van der Waals surface area contributed by atoms with Gasteiger partial charge in [0, 0.05) is 0 Å². The second-order valence-corrected chi connectivity index (χ2v) is 12.4. The van der Waals surface area contributed by atoms with Gasteiger partial charge in [-0.3, -0.25) is 28.1 Å². The third-order valence-corrected chi connectivity index (χ3v) is 6.13. The van der Waals surface area contributed by atoms with E-state index in [2.05, 4.69) is 9.97 Å². The molecule has 14 heteroatoms. The number of nitrogens with zero attached hydrogens (tertiary/aromatic N) is 4. The SMILES string of the molecule is Cc1nc(COP(=O)(O)OCC[N+](C)(C)C)c(C)nc1COP(=O)(O)OCC[N+](C)(C)C. The highest BCUT2D eigenvalue weighted by molar-refractivity contribution is 7.47. The third kappa shape index (κ3) is 12.5. The van der Waals surface area contributed by atoms with Crippen molar-refractivity contribution in [3.63, 3.8) is 0 Å². The van der Waals surface area contributed by atoms with E-state index in [1.807, 2.05) is 42.3 Å². The molecule has 0 fully saturated rings. The van der Waals surface area contributed by atoms with Crippen LogP contribution >= 0.6 is 15.6 Å². The van der Waals surface area contributed by atoms with Gasteiger partial charge in [0.25, 0.3) is 0 Å². The van der Waals surface area contributed by atoms with Gasteiger partial charge in [-0.05, 0) is 13.8 Å². The maximum absolute atomic E-state index is 12.1. The van der Waals surface area contributed by atoms with Gasteiger partial charge in [0.15, 0.2) is 0 Å².